The molecule has 0 spiro atoms. The number of sulfonamides is 1. The highest BCUT2D eigenvalue weighted by molar-refractivity contribution is 7.89. The Labute approximate surface area is 138 Å². The van der Waals surface area contributed by atoms with E-state index in [2.05, 4.69) is 9.62 Å². The van der Waals surface area contributed by atoms with Gasteiger partial charge in [-0.05, 0) is 38.3 Å². The lowest BCUT2D eigenvalue weighted by atomic mass is 10.2. The summed E-state index contributed by atoms with van der Waals surface area (Å²) in [6.45, 7) is 3.19. The summed E-state index contributed by atoms with van der Waals surface area (Å²) in [4.78, 5) is 14.0. The molecule has 0 bridgehead atoms. The van der Waals surface area contributed by atoms with Gasteiger partial charge in [-0.2, -0.15) is 0 Å². The molecule has 1 saturated carbocycles. The van der Waals surface area contributed by atoms with E-state index in [9.17, 15) is 13.2 Å². The first-order valence-electron chi connectivity index (χ1n) is 8.33. The molecule has 1 aliphatic heterocycles. The van der Waals surface area contributed by atoms with Crippen molar-refractivity contribution in [2.75, 3.05) is 13.1 Å². The molecule has 0 radical (unpaired) electrons. The number of nitrogens with one attached hydrogen (secondary N) is 1. The molecule has 1 aromatic rings. The Morgan fingerprint density at radius 2 is 1.96 bits per heavy atom. The Balaban J connectivity index is 1.67. The molecular weight excluding hydrogens is 312 g/mol. The van der Waals surface area contributed by atoms with Gasteiger partial charge in [-0.25, -0.2) is 13.1 Å². The highest BCUT2D eigenvalue weighted by Gasteiger charge is 2.32. The van der Waals surface area contributed by atoms with Crippen LogP contribution in [0.15, 0.2) is 29.2 Å². The molecule has 6 heteroatoms. The van der Waals surface area contributed by atoms with Crippen LogP contribution < -0.4 is 4.72 Å². The van der Waals surface area contributed by atoms with Crippen molar-refractivity contribution in [3.8, 4) is 0 Å². The van der Waals surface area contributed by atoms with Gasteiger partial charge in [0, 0.05) is 30.7 Å². The second-order valence-electron chi connectivity index (χ2n) is 6.62. The highest BCUT2D eigenvalue weighted by atomic mass is 32.2. The van der Waals surface area contributed by atoms with Crippen molar-refractivity contribution in [1.82, 2.24) is 9.62 Å². The molecule has 3 rings (SSSR count). The maximum Gasteiger partial charge on any atom is 0.240 e. The largest absolute Gasteiger partial charge is 0.299 e. The second kappa shape index (κ2) is 6.71. The Bertz CT molecular complexity index is 681. The zero-order chi connectivity index (χ0) is 16.4. The van der Waals surface area contributed by atoms with Crippen molar-refractivity contribution in [1.29, 1.82) is 0 Å². The van der Waals surface area contributed by atoms with E-state index in [1.54, 1.807) is 18.2 Å². The molecule has 1 saturated heterocycles. The fraction of sp³-hybridized carbons (Fsp3) is 0.588. The van der Waals surface area contributed by atoms with Gasteiger partial charge < -0.3 is 0 Å². The molecule has 2 fully saturated rings. The van der Waals surface area contributed by atoms with Crippen LogP contribution in [0.2, 0.25) is 0 Å². The van der Waals surface area contributed by atoms with Gasteiger partial charge in [-0.15, -0.1) is 0 Å². The molecule has 1 aromatic carbocycles. The van der Waals surface area contributed by atoms with Crippen LogP contribution in [0.4, 0.5) is 0 Å². The van der Waals surface area contributed by atoms with Crippen LogP contribution in [-0.2, 0) is 10.0 Å². The zero-order valence-corrected chi connectivity index (χ0v) is 14.3. The van der Waals surface area contributed by atoms with Crippen molar-refractivity contribution < 1.29 is 13.2 Å². The first-order chi connectivity index (χ1) is 11.0. The molecule has 23 heavy (non-hydrogen) atoms. The smallest absolute Gasteiger partial charge is 0.240 e. The van der Waals surface area contributed by atoms with Gasteiger partial charge in [-0.3, -0.25) is 9.69 Å². The van der Waals surface area contributed by atoms with E-state index < -0.39 is 10.0 Å². The number of benzene rings is 1. The van der Waals surface area contributed by atoms with Gasteiger partial charge in [0.15, 0.2) is 5.78 Å². The van der Waals surface area contributed by atoms with Crippen LogP contribution in [0.5, 0.6) is 0 Å². The van der Waals surface area contributed by atoms with Crippen LogP contribution >= 0.6 is 0 Å². The topological polar surface area (TPSA) is 66.5 Å². The predicted molar refractivity (Wildman–Crippen MR) is 89.0 cm³/mol. The predicted octanol–water partition coefficient (Wildman–Crippen LogP) is 2.18. The first kappa shape index (κ1) is 16.6. The number of carbonyl (C=O) groups is 1. The summed E-state index contributed by atoms with van der Waals surface area (Å²) < 4.78 is 27.9. The van der Waals surface area contributed by atoms with Gasteiger partial charge in [0.1, 0.15) is 0 Å². The normalized spacial score (nSPS) is 23.4. The van der Waals surface area contributed by atoms with Crippen molar-refractivity contribution in [3.63, 3.8) is 0 Å². The van der Waals surface area contributed by atoms with Gasteiger partial charge >= 0.3 is 0 Å². The molecule has 2 aliphatic rings. The minimum atomic E-state index is -3.58. The molecule has 0 unspecified atom stereocenters. The molecule has 1 heterocycles. The molecule has 1 atom stereocenters. The van der Waals surface area contributed by atoms with E-state index in [0.717, 1.165) is 19.5 Å². The Kier molecular flexibility index (Phi) is 4.85. The average molecular weight is 336 g/mol. The van der Waals surface area contributed by atoms with E-state index in [1.807, 2.05) is 0 Å². The summed E-state index contributed by atoms with van der Waals surface area (Å²) in [5, 5.41) is 0. The van der Waals surface area contributed by atoms with E-state index in [0.29, 0.717) is 11.6 Å². The minimum Gasteiger partial charge on any atom is -0.299 e. The Hall–Kier alpha value is -1.24. The second-order valence-corrected chi connectivity index (χ2v) is 8.34. The standard InChI is InChI=1S/C17H24N2O3S/c1-13(20)14-5-4-8-17(11-14)23(21,22)18-15-9-10-19(12-15)16-6-2-3-7-16/h4-5,8,11,15-16,18H,2-3,6-7,9-10,12H2,1H3/t15-/m0/s1. The summed E-state index contributed by atoms with van der Waals surface area (Å²) in [6.07, 6.45) is 5.90. The number of hydrogen-bond donors (Lipinski definition) is 1. The molecular formula is C17H24N2O3S. The molecule has 0 aromatic heterocycles. The summed E-state index contributed by atoms with van der Waals surface area (Å²) in [5.41, 5.74) is 0.423. The van der Waals surface area contributed by atoms with E-state index in [4.69, 9.17) is 0 Å². The third kappa shape index (κ3) is 3.82. The van der Waals surface area contributed by atoms with Crippen molar-refractivity contribution in [3.05, 3.63) is 29.8 Å². The third-order valence-electron chi connectivity index (χ3n) is 4.93. The van der Waals surface area contributed by atoms with E-state index >= 15 is 0 Å². The van der Waals surface area contributed by atoms with Crippen molar-refractivity contribution >= 4 is 15.8 Å². The number of likely N-dealkylation sites (tertiary alicyclic amines) is 1. The van der Waals surface area contributed by atoms with E-state index in [1.165, 1.54) is 38.7 Å². The Morgan fingerprint density at radius 1 is 1.22 bits per heavy atom. The van der Waals surface area contributed by atoms with Crippen LogP contribution in [0.3, 0.4) is 0 Å². The lowest BCUT2D eigenvalue weighted by Crippen LogP contribution is -2.39. The summed E-state index contributed by atoms with van der Waals surface area (Å²) in [6, 6.07) is 6.84. The quantitative estimate of drug-likeness (QED) is 0.837. The summed E-state index contributed by atoms with van der Waals surface area (Å²) in [5.74, 6) is -0.129. The molecule has 1 N–H and O–H groups in total. The lowest BCUT2D eigenvalue weighted by molar-refractivity contribution is 0.101. The monoisotopic (exact) mass is 336 g/mol. The number of rotatable bonds is 5. The molecule has 1 aliphatic carbocycles. The number of nitrogens with zero attached hydrogens (tertiary/aromatic N) is 1. The Morgan fingerprint density at radius 3 is 2.65 bits per heavy atom. The fourth-order valence-electron chi connectivity index (χ4n) is 3.65. The van der Waals surface area contributed by atoms with Crippen LogP contribution in [0.25, 0.3) is 0 Å². The minimum absolute atomic E-state index is 0.0402. The fourth-order valence-corrected chi connectivity index (χ4v) is 4.96. The van der Waals surface area contributed by atoms with Gasteiger partial charge in [0.05, 0.1) is 4.90 Å². The van der Waals surface area contributed by atoms with Gasteiger partial charge in [-0.1, -0.05) is 25.0 Å². The van der Waals surface area contributed by atoms with Crippen LogP contribution in [-0.4, -0.2) is 44.3 Å². The third-order valence-corrected chi connectivity index (χ3v) is 6.45. The molecule has 126 valence electrons. The molecule has 0 amide bonds. The molecule has 5 nitrogen and oxygen atoms in total. The van der Waals surface area contributed by atoms with E-state index in [-0.39, 0.29) is 16.7 Å². The first-order valence-corrected chi connectivity index (χ1v) is 9.81. The number of Topliss-reactive ketones (excluding diaryl/α,β-unsaturated/α-hetero) is 1. The SMILES string of the molecule is CC(=O)c1cccc(S(=O)(=O)N[C@H]2CCN(C3CCCC3)C2)c1. The summed E-state index contributed by atoms with van der Waals surface area (Å²) >= 11 is 0. The number of carbonyl (C=O) groups excluding carboxylic acids is 1. The maximum atomic E-state index is 12.5. The summed E-state index contributed by atoms with van der Waals surface area (Å²) in [7, 11) is -3.58. The van der Waals surface area contributed by atoms with Crippen molar-refractivity contribution in [2.45, 2.75) is 56.0 Å². The van der Waals surface area contributed by atoms with Crippen LogP contribution in [0, 0.1) is 0 Å². The number of hydrogen-bond acceptors (Lipinski definition) is 4. The number of ketones is 1. The van der Waals surface area contributed by atoms with Gasteiger partial charge in [0.2, 0.25) is 10.0 Å². The maximum absolute atomic E-state index is 12.5. The highest BCUT2D eigenvalue weighted by Crippen LogP contribution is 2.27. The zero-order valence-electron chi connectivity index (χ0n) is 13.5. The average Bonchev–Trinajstić information content (AvgIpc) is 3.18. The van der Waals surface area contributed by atoms with Crippen LogP contribution in [0.1, 0.15) is 49.4 Å². The van der Waals surface area contributed by atoms with Gasteiger partial charge in [0.25, 0.3) is 0 Å². The lowest BCUT2D eigenvalue weighted by Gasteiger charge is -2.23. The van der Waals surface area contributed by atoms with Crippen molar-refractivity contribution in [2.24, 2.45) is 0 Å².